The molecule has 3 saturated heterocycles. The number of likely N-dealkylation sites (tertiary alicyclic amines) is 1. The van der Waals surface area contributed by atoms with Crippen LogP contribution in [0.5, 0.6) is 0 Å². The largest absolute Gasteiger partial charge is 0.379 e. The van der Waals surface area contributed by atoms with Crippen LogP contribution in [-0.2, 0) is 9.47 Å². The molecule has 0 saturated carbocycles. The van der Waals surface area contributed by atoms with Gasteiger partial charge in [0.15, 0.2) is 5.96 Å². The SMILES string of the molecule is CN=C(NCCCN1CC(C)OC(C)C1)N1CCC(N2CCOCC2)C1.I. The summed E-state index contributed by atoms with van der Waals surface area (Å²) in [7, 11) is 1.90. The van der Waals surface area contributed by atoms with Gasteiger partial charge in [0.05, 0.1) is 25.4 Å². The van der Waals surface area contributed by atoms with E-state index in [0.29, 0.717) is 18.2 Å². The van der Waals surface area contributed by atoms with E-state index in [1.54, 1.807) is 0 Å². The van der Waals surface area contributed by atoms with E-state index >= 15 is 0 Å². The highest BCUT2D eigenvalue weighted by Gasteiger charge is 2.30. The number of hydrogen-bond donors (Lipinski definition) is 1. The van der Waals surface area contributed by atoms with Gasteiger partial charge in [-0.3, -0.25) is 14.8 Å². The molecule has 3 heterocycles. The van der Waals surface area contributed by atoms with Gasteiger partial charge in [-0.2, -0.15) is 0 Å². The Morgan fingerprint density at radius 3 is 2.44 bits per heavy atom. The number of aliphatic imine (C=N–C) groups is 1. The van der Waals surface area contributed by atoms with Gasteiger partial charge in [0.1, 0.15) is 0 Å². The average Bonchev–Trinajstić information content (AvgIpc) is 3.12. The topological polar surface area (TPSA) is 52.6 Å². The van der Waals surface area contributed by atoms with Gasteiger partial charge in [-0.1, -0.05) is 0 Å². The third-order valence-electron chi connectivity index (χ3n) is 5.67. The molecule has 0 aromatic rings. The number of hydrogen-bond acceptors (Lipinski definition) is 5. The molecule has 8 heteroatoms. The molecule has 1 N–H and O–H groups in total. The number of nitrogens with one attached hydrogen (secondary N) is 1. The average molecular weight is 495 g/mol. The molecular formula is C19H38IN5O2. The molecule has 0 aromatic heterocycles. The number of rotatable bonds is 5. The first-order chi connectivity index (χ1) is 12.7. The lowest BCUT2D eigenvalue weighted by atomic mass is 10.2. The molecule has 158 valence electrons. The lowest BCUT2D eigenvalue weighted by Gasteiger charge is -2.35. The zero-order valence-corrected chi connectivity index (χ0v) is 19.6. The molecule has 3 atom stereocenters. The van der Waals surface area contributed by atoms with Gasteiger partial charge in [-0.25, -0.2) is 0 Å². The van der Waals surface area contributed by atoms with Crippen LogP contribution in [0.2, 0.25) is 0 Å². The van der Waals surface area contributed by atoms with Crippen molar-refractivity contribution in [2.75, 3.05) is 72.6 Å². The molecule has 3 aliphatic heterocycles. The first-order valence-corrected chi connectivity index (χ1v) is 10.3. The fraction of sp³-hybridized carbons (Fsp3) is 0.947. The maximum atomic E-state index is 5.81. The standard InChI is InChI=1S/C19H37N5O2.HI/c1-16-13-22(14-17(2)26-16)7-4-6-21-19(20-3)24-8-5-18(15-24)23-9-11-25-12-10-23;/h16-18H,4-15H2,1-3H3,(H,20,21);1H. The number of ether oxygens (including phenoxy) is 2. The summed E-state index contributed by atoms with van der Waals surface area (Å²) in [6, 6.07) is 0.647. The van der Waals surface area contributed by atoms with Gasteiger partial charge in [0.2, 0.25) is 0 Å². The van der Waals surface area contributed by atoms with E-state index in [1.165, 1.54) is 6.42 Å². The van der Waals surface area contributed by atoms with Crippen molar-refractivity contribution < 1.29 is 9.47 Å². The van der Waals surface area contributed by atoms with Gasteiger partial charge >= 0.3 is 0 Å². The van der Waals surface area contributed by atoms with E-state index in [9.17, 15) is 0 Å². The number of morpholine rings is 2. The molecular weight excluding hydrogens is 457 g/mol. The van der Waals surface area contributed by atoms with Crippen LogP contribution in [0, 0.1) is 0 Å². The lowest BCUT2D eigenvalue weighted by Crippen LogP contribution is -2.47. The van der Waals surface area contributed by atoms with Gasteiger partial charge in [-0.05, 0) is 26.7 Å². The van der Waals surface area contributed by atoms with Crippen LogP contribution in [0.3, 0.4) is 0 Å². The summed E-state index contributed by atoms with van der Waals surface area (Å²) in [6.45, 7) is 14.6. The molecule has 3 rings (SSSR count). The van der Waals surface area contributed by atoms with Crippen LogP contribution >= 0.6 is 24.0 Å². The molecule has 27 heavy (non-hydrogen) atoms. The molecule has 0 aromatic carbocycles. The van der Waals surface area contributed by atoms with Crippen LogP contribution in [-0.4, -0.2) is 112 Å². The van der Waals surface area contributed by atoms with Crippen molar-refractivity contribution in [3.05, 3.63) is 0 Å². The number of nitrogens with zero attached hydrogens (tertiary/aromatic N) is 4. The van der Waals surface area contributed by atoms with Crippen LogP contribution in [0.15, 0.2) is 4.99 Å². The first kappa shape index (κ1) is 23.1. The molecule has 0 spiro atoms. The Kier molecular flexibility index (Phi) is 10.1. The lowest BCUT2D eigenvalue weighted by molar-refractivity contribution is -0.0679. The molecule has 0 amide bonds. The third kappa shape index (κ3) is 6.99. The normalized spacial score (nSPS) is 31.0. The second-order valence-corrected chi connectivity index (χ2v) is 7.88. The summed E-state index contributed by atoms with van der Waals surface area (Å²) < 4.78 is 11.3. The summed E-state index contributed by atoms with van der Waals surface area (Å²) in [5, 5.41) is 3.57. The predicted molar refractivity (Wildman–Crippen MR) is 120 cm³/mol. The highest BCUT2D eigenvalue weighted by molar-refractivity contribution is 14.0. The maximum Gasteiger partial charge on any atom is 0.193 e. The van der Waals surface area contributed by atoms with Crippen LogP contribution < -0.4 is 5.32 Å². The minimum absolute atomic E-state index is 0. The number of guanidine groups is 1. The van der Waals surface area contributed by atoms with Gasteiger partial charge < -0.3 is 19.7 Å². The Labute approximate surface area is 181 Å². The van der Waals surface area contributed by atoms with Gasteiger partial charge in [0, 0.05) is 65.4 Å². The van der Waals surface area contributed by atoms with E-state index in [0.717, 1.165) is 78.0 Å². The zero-order valence-electron chi connectivity index (χ0n) is 17.2. The zero-order chi connectivity index (χ0) is 18.4. The van der Waals surface area contributed by atoms with Crippen molar-refractivity contribution in [3.63, 3.8) is 0 Å². The van der Waals surface area contributed by atoms with Crippen LogP contribution in [0.25, 0.3) is 0 Å². The fourth-order valence-corrected chi connectivity index (χ4v) is 4.48. The monoisotopic (exact) mass is 495 g/mol. The van der Waals surface area contributed by atoms with E-state index in [-0.39, 0.29) is 24.0 Å². The molecule has 7 nitrogen and oxygen atoms in total. The summed E-state index contributed by atoms with van der Waals surface area (Å²) in [6.07, 6.45) is 3.06. The van der Waals surface area contributed by atoms with E-state index in [2.05, 4.69) is 38.9 Å². The molecule has 0 bridgehead atoms. The Balaban J connectivity index is 0.00000261. The van der Waals surface area contributed by atoms with Crippen molar-refractivity contribution in [3.8, 4) is 0 Å². The highest BCUT2D eigenvalue weighted by atomic mass is 127. The second kappa shape index (κ2) is 11.7. The smallest absolute Gasteiger partial charge is 0.193 e. The molecule has 3 aliphatic rings. The fourth-order valence-electron chi connectivity index (χ4n) is 4.48. The van der Waals surface area contributed by atoms with Crippen molar-refractivity contribution in [1.82, 2.24) is 20.0 Å². The Hall–Kier alpha value is -0.160. The summed E-state index contributed by atoms with van der Waals surface area (Å²) in [4.78, 5) is 12.0. The molecule has 3 unspecified atom stereocenters. The maximum absolute atomic E-state index is 5.81. The Morgan fingerprint density at radius 2 is 1.78 bits per heavy atom. The van der Waals surface area contributed by atoms with E-state index in [1.807, 2.05) is 7.05 Å². The highest BCUT2D eigenvalue weighted by Crippen LogP contribution is 2.17. The third-order valence-corrected chi connectivity index (χ3v) is 5.67. The van der Waals surface area contributed by atoms with Crippen molar-refractivity contribution in [2.45, 2.75) is 44.9 Å². The second-order valence-electron chi connectivity index (χ2n) is 7.88. The minimum Gasteiger partial charge on any atom is -0.379 e. The van der Waals surface area contributed by atoms with Crippen molar-refractivity contribution >= 4 is 29.9 Å². The molecule has 0 radical (unpaired) electrons. The van der Waals surface area contributed by atoms with Crippen molar-refractivity contribution in [2.24, 2.45) is 4.99 Å². The first-order valence-electron chi connectivity index (χ1n) is 10.3. The number of halogens is 1. The van der Waals surface area contributed by atoms with Crippen molar-refractivity contribution in [1.29, 1.82) is 0 Å². The summed E-state index contributed by atoms with van der Waals surface area (Å²) in [5.41, 5.74) is 0. The molecule has 3 fully saturated rings. The Morgan fingerprint density at radius 1 is 1.07 bits per heavy atom. The minimum atomic E-state index is 0. The van der Waals surface area contributed by atoms with E-state index in [4.69, 9.17) is 9.47 Å². The Bertz CT molecular complexity index is 451. The summed E-state index contributed by atoms with van der Waals surface area (Å²) >= 11 is 0. The predicted octanol–water partition coefficient (Wildman–Crippen LogP) is 1.09. The van der Waals surface area contributed by atoms with Gasteiger partial charge in [0.25, 0.3) is 0 Å². The molecule has 0 aliphatic carbocycles. The van der Waals surface area contributed by atoms with Crippen LogP contribution in [0.1, 0.15) is 26.7 Å². The van der Waals surface area contributed by atoms with Gasteiger partial charge in [-0.15, -0.1) is 24.0 Å². The quantitative estimate of drug-likeness (QED) is 0.267. The summed E-state index contributed by atoms with van der Waals surface area (Å²) in [5.74, 6) is 1.06. The van der Waals surface area contributed by atoms with E-state index < -0.39 is 0 Å². The van der Waals surface area contributed by atoms with Crippen LogP contribution in [0.4, 0.5) is 0 Å².